The second kappa shape index (κ2) is 16.8. The number of aryl methyl sites for hydroxylation is 2. The number of nitrogens with zero attached hydrogens (tertiary/aromatic N) is 7. The smallest absolute Gasteiger partial charge is 0.417 e. The normalized spacial score (nSPS) is 19.9. The Labute approximate surface area is 392 Å². The molecule has 1 saturated carbocycles. The maximum atomic E-state index is 15.6. The van der Waals surface area contributed by atoms with Gasteiger partial charge in [0.1, 0.15) is 22.9 Å². The van der Waals surface area contributed by atoms with E-state index in [1.165, 1.54) is 78.8 Å². The van der Waals surface area contributed by atoms with Crippen LogP contribution in [-0.4, -0.2) is 78.8 Å². The Morgan fingerprint density at radius 3 is 2.24 bits per heavy atom. The molecule has 23 heteroatoms. The van der Waals surface area contributed by atoms with Crippen LogP contribution < -0.4 is 41.3 Å². The zero-order valence-corrected chi connectivity index (χ0v) is 38.1. The average Bonchev–Trinajstić information content (AvgIpc) is 3.69. The Morgan fingerprint density at radius 1 is 0.897 bits per heavy atom. The molecule has 2 fully saturated rings. The van der Waals surface area contributed by atoms with Gasteiger partial charge in [-0.3, -0.25) is 19.8 Å². The van der Waals surface area contributed by atoms with Crippen LogP contribution in [0.4, 0.5) is 19.0 Å². The summed E-state index contributed by atoms with van der Waals surface area (Å²) in [5.74, 6) is -4.59. The number of carbonyl (C=O) groups is 2. The zero-order valence-electron chi connectivity index (χ0n) is 36.6. The lowest BCUT2D eigenvalue weighted by molar-refractivity contribution is -0.139. The number of methoxy groups -OCH3 is 4. The molecular formula is C45H39Cl2F3N8O10. The third kappa shape index (κ3) is 6.96. The molecule has 4 unspecified atom stereocenters. The number of aromatic nitrogens is 6. The highest BCUT2D eigenvalue weighted by Gasteiger charge is 2.69. The minimum atomic E-state index is -4.81. The fourth-order valence-electron chi connectivity index (χ4n) is 9.85. The first-order chi connectivity index (χ1) is 32.4. The first kappa shape index (κ1) is 45.9. The number of amides is 2. The van der Waals surface area contributed by atoms with Gasteiger partial charge in [-0.2, -0.15) is 18.2 Å². The summed E-state index contributed by atoms with van der Waals surface area (Å²) in [7, 11) is 7.14. The number of benzene rings is 3. The first-order valence-corrected chi connectivity index (χ1v) is 21.5. The van der Waals surface area contributed by atoms with E-state index in [2.05, 4.69) is 15.4 Å². The fourth-order valence-corrected chi connectivity index (χ4v) is 10.2. The lowest BCUT2D eigenvalue weighted by Gasteiger charge is -2.49. The number of anilines is 1. The summed E-state index contributed by atoms with van der Waals surface area (Å²) >= 11 is 12.7. The summed E-state index contributed by atoms with van der Waals surface area (Å²) < 4.78 is 67.7. The van der Waals surface area contributed by atoms with Gasteiger partial charge < -0.3 is 28.6 Å². The van der Waals surface area contributed by atoms with Gasteiger partial charge in [0.05, 0.1) is 74.0 Å². The summed E-state index contributed by atoms with van der Waals surface area (Å²) in [4.78, 5) is 81.8. The number of alkyl halides is 3. The number of pyridine rings is 1. The highest BCUT2D eigenvalue weighted by atomic mass is 35.5. The Hall–Kier alpha value is -7.26. The predicted molar refractivity (Wildman–Crippen MR) is 239 cm³/mol. The number of allylic oxidation sites excluding steroid dienone is 2. The highest BCUT2D eigenvalue weighted by Crippen LogP contribution is 2.64. The largest absolute Gasteiger partial charge is 0.507 e. The molecule has 3 aliphatic rings. The van der Waals surface area contributed by atoms with Gasteiger partial charge in [0.15, 0.2) is 17.3 Å². The van der Waals surface area contributed by atoms with Gasteiger partial charge in [-0.05, 0) is 35.8 Å². The van der Waals surface area contributed by atoms with Gasteiger partial charge in [0.25, 0.3) is 17.4 Å². The van der Waals surface area contributed by atoms with Gasteiger partial charge in [0.2, 0.25) is 0 Å². The molecule has 0 spiro atoms. The van der Waals surface area contributed by atoms with Crippen molar-refractivity contribution in [2.45, 2.75) is 49.5 Å². The summed E-state index contributed by atoms with van der Waals surface area (Å²) in [5.41, 5.74) is -1.23. The topological polar surface area (TPSA) is 203 Å². The number of hydrazine groups is 1. The van der Waals surface area contributed by atoms with Crippen LogP contribution in [0.3, 0.4) is 0 Å². The van der Waals surface area contributed by atoms with E-state index in [1.807, 2.05) is 0 Å². The molecule has 2 N–H and O–H groups in total. The molecule has 6 aromatic rings. The van der Waals surface area contributed by atoms with Crippen molar-refractivity contribution in [2.24, 2.45) is 13.0 Å². The van der Waals surface area contributed by atoms with Gasteiger partial charge in [0, 0.05) is 67.0 Å². The van der Waals surface area contributed by atoms with Crippen molar-refractivity contribution in [3.05, 3.63) is 136 Å². The van der Waals surface area contributed by atoms with Crippen molar-refractivity contribution >= 4 is 51.9 Å². The molecule has 1 aliphatic carbocycles. The second-order valence-electron chi connectivity index (χ2n) is 16.2. The molecule has 3 aromatic heterocycles. The number of nitrogens with one attached hydrogen (secondary N) is 1. The quantitative estimate of drug-likeness (QED) is 0.124. The van der Waals surface area contributed by atoms with E-state index in [1.54, 1.807) is 25.3 Å². The van der Waals surface area contributed by atoms with Crippen LogP contribution in [0.25, 0.3) is 11.0 Å². The zero-order chi connectivity index (χ0) is 48.7. The van der Waals surface area contributed by atoms with Crippen molar-refractivity contribution in [3.63, 3.8) is 0 Å². The summed E-state index contributed by atoms with van der Waals surface area (Å²) in [6, 6.07) is 11.5. The molecule has 9 rings (SSSR count). The molecule has 18 nitrogen and oxygen atoms in total. The minimum absolute atomic E-state index is 0.00800. The van der Waals surface area contributed by atoms with E-state index in [0.717, 1.165) is 4.57 Å². The molecular weight excluding hydrogens is 940 g/mol. The molecule has 3 aromatic carbocycles. The van der Waals surface area contributed by atoms with E-state index < -0.39 is 80.4 Å². The van der Waals surface area contributed by atoms with Crippen LogP contribution in [-0.2, 0) is 47.7 Å². The van der Waals surface area contributed by atoms with Crippen LogP contribution in [0.1, 0.15) is 40.8 Å². The number of rotatable bonds is 11. The number of halogens is 5. The fraction of sp³-hybridized carbons (Fsp3) is 0.311. The number of hydrogen-bond acceptors (Lipinski definition) is 13. The van der Waals surface area contributed by atoms with Gasteiger partial charge >= 0.3 is 17.6 Å². The molecule has 2 amide bonds. The van der Waals surface area contributed by atoms with E-state index in [9.17, 15) is 32.7 Å². The monoisotopic (exact) mass is 978 g/mol. The SMILES string of the molecule is COc1cc(O)c(C2C3=CCn4c(=O)n(CCc5nc6cc(OC)c(OC)cc6n(C)c5=O)c(=O)n4C3CC3C(=O)N(Nc4ncc(C(F)(F)F)cc4Cl)C(=O)C32c2ccc(Cl)cc2)c(OC)c1. The third-order valence-electron chi connectivity index (χ3n) is 13.0. The summed E-state index contributed by atoms with van der Waals surface area (Å²) in [6.45, 7) is -0.519. The van der Waals surface area contributed by atoms with E-state index in [0.29, 0.717) is 45.4 Å². The van der Waals surface area contributed by atoms with E-state index in [4.69, 9.17) is 42.1 Å². The number of fused-ring (bicyclic) bond motifs is 5. The molecule has 4 atom stereocenters. The van der Waals surface area contributed by atoms with Crippen molar-refractivity contribution in [1.82, 2.24) is 33.5 Å². The molecule has 0 radical (unpaired) electrons. The number of ether oxygens (including phenoxy) is 4. The molecule has 1 saturated heterocycles. The van der Waals surface area contributed by atoms with Gasteiger partial charge in [-0.15, -0.1) is 0 Å². The van der Waals surface area contributed by atoms with Crippen LogP contribution >= 0.6 is 23.2 Å². The van der Waals surface area contributed by atoms with Crippen LogP contribution in [0.15, 0.2) is 86.8 Å². The summed E-state index contributed by atoms with van der Waals surface area (Å²) in [6.07, 6.45) is -3.14. The lowest BCUT2D eigenvalue weighted by Crippen LogP contribution is -2.53. The van der Waals surface area contributed by atoms with Gasteiger partial charge in [-0.25, -0.2) is 33.5 Å². The van der Waals surface area contributed by atoms with E-state index in [-0.39, 0.29) is 59.3 Å². The predicted octanol–water partition coefficient (Wildman–Crippen LogP) is 5.38. The molecule has 68 heavy (non-hydrogen) atoms. The molecule has 5 heterocycles. The van der Waals surface area contributed by atoms with E-state index >= 15 is 9.59 Å². The van der Waals surface area contributed by atoms with Crippen LogP contribution in [0.2, 0.25) is 10.0 Å². The minimum Gasteiger partial charge on any atom is -0.507 e. The van der Waals surface area contributed by atoms with Crippen molar-refractivity contribution < 1.29 is 46.8 Å². The Bertz CT molecular complexity index is 3310. The first-order valence-electron chi connectivity index (χ1n) is 20.7. The molecule has 354 valence electrons. The number of phenolic OH excluding ortho intramolecular Hbond substituents is 1. The van der Waals surface area contributed by atoms with Crippen molar-refractivity contribution in [3.8, 4) is 28.7 Å². The Kier molecular flexibility index (Phi) is 11.3. The van der Waals surface area contributed by atoms with Crippen LogP contribution in [0, 0.1) is 5.92 Å². The summed E-state index contributed by atoms with van der Waals surface area (Å²) in [5, 5.41) is 12.3. The maximum absolute atomic E-state index is 15.6. The Morgan fingerprint density at radius 2 is 1.59 bits per heavy atom. The number of imide groups is 1. The number of aromatic hydroxyl groups is 1. The standard InChI is InChI=1S/C45H39Cl2F3N8O10/c1-54-31-19-34(67-4)33(66-3)18-29(31)52-28(40(54)61)11-12-55-42(63)56-13-10-25-30(58(56)43(55)64)17-26-39(60)57(53-38-27(47)14-22(20-51-38)45(48,49)50)41(62)44(26,21-6-8-23(46)9-7-21)37(25)36-32(59)15-24(65-2)16-35(36)68-5/h6-10,14-16,18-20,26,30,37,59H,11-13,17H2,1-5H3,(H,51,53). The third-order valence-corrected chi connectivity index (χ3v) is 13.5. The number of carbonyl (C=O) groups excluding carboxylic acids is 2. The lowest BCUT2D eigenvalue weighted by atomic mass is 9.53. The van der Waals surface area contributed by atoms with Crippen LogP contribution in [0.5, 0.6) is 28.7 Å². The Balaban J connectivity index is 1.20. The van der Waals surface area contributed by atoms with Crippen molar-refractivity contribution in [2.75, 3.05) is 33.9 Å². The second-order valence-corrected chi connectivity index (χ2v) is 17.1. The highest BCUT2D eigenvalue weighted by molar-refractivity contribution is 6.33. The number of hydrogen-bond donors (Lipinski definition) is 2. The average molecular weight is 980 g/mol. The molecule has 0 bridgehead atoms. The molecule has 2 aliphatic heterocycles. The number of phenols is 1. The maximum Gasteiger partial charge on any atom is 0.417 e. The van der Waals surface area contributed by atoms with Crippen molar-refractivity contribution in [1.29, 1.82) is 0 Å². The van der Waals surface area contributed by atoms with Gasteiger partial charge in [-0.1, -0.05) is 41.4 Å².